The van der Waals surface area contributed by atoms with Crippen LogP contribution in [0.1, 0.15) is 0 Å². The molecule has 2 heterocycles. The SMILES string of the molecule is O=C1[C@@H]2CNC[C@H]2C(=O)N1c1ccccc1. The molecule has 2 amide bonds. The number of nitrogens with zero attached hydrogens (tertiary/aromatic N) is 1. The molecule has 2 saturated heterocycles. The molecule has 4 heteroatoms. The van der Waals surface area contributed by atoms with E-state index in [2.05, 4.69) is 5.32 Å². The fourth-order valence-electron chi connectivity index (χ4n) is 2.47. The minimum atomic E-state index is -0.160. The van der Waals surface area contributed by atoms with E-state index in [1.807, 2.05) is 18.2 Å². The van der Waals surface area contributed by atoms with Gasteiger partial charge in [0.2, 0.25) is 11.8 Å². The van der Waals surface area contributed by atoms with Crippen molar-refractivity contribution in [1.29, 1.82) is 0 Å². The largest absolute Gasteiger partial charge is 0.315 e. The number of carbonyl (C=O) groups excluding carboxylic acids is 2. The highest BCUT2D eigenvalue weighted by Gasteiger charge is 2.50. The molecule has 82 valence electrons. The Hall–Kier alpha value is -1.68. The lowest BCUT2D eigenvalue weighted by molar-refractivity contribution is -0.122. The Labute approximate surface area is 93.2 Å². The number of carbonyl (C=O) groups is 2. The minimum absolute atomic E-state index is 0.0637. The molecule has 2 fully saturated rings. The summed E-state index contributed by atoms with van der Waals surface area (Å²) in [4.78, 5) is 25.5. The van der Waals surface area contributed by atoms with Crippen LogP contribution in [-0.2, 0) is 9.59 Å². The van der Waals surface area contributed by atoms with Gasteiger partial charge in [-0.25, -0.2) is 4.90 Å². The first-order valence-electron chi connectivity index (χ1n) is 5.42. The van der Waals surface area contributed by atoms with Crippen LogP contribution in [-0.4, -0.2) is 24.9 Å². The third-order valence-electron chi connectivity index (χ3n) is 3.30. The first-order valence-corrected chi connectivity index (χ1v) is 5.42. The highest BCUT2D eigenvalue weighted by Crippen LogP contribution is 2.32. The third kappa shape index (κ3) is 1.20. The smallest absolute Gasteiger partial charge is 0.239 e. The quantitative estimate of drug-likeness (QED) is 0.691. The summed E-state index contributed by atoms with van der Waals surface area (Å²) in [5, 5.41) is 3.09. The molecule has 4 nitrogen and oxygen atoms in total. The molecule has 2 aliphatic rings. The molecule has 1 N–H and O–H groups in total. The monoisotopic (exact) mass is 216 g/mol. The molecule has 0 unspecified atom stereocenters. The highest BCUT2D eigenvalue weighted by molar-refractivity contribution is 6.22. The topological polar surface area (TPSA) is 49.4 Å². The molecule has 1 aromatic rings. The van der Waals surface area contributed by atoms with E-state index in [-0.39, 0.29) is 23.7 Å². The van der Waals surface area contributed by atoms with Gasteiger partial charge in [0.1, 0.15) is 0 Å². The predicted octanol–water partition coefficient (Wildman–Crippen LogP) is 0.395. The predicted molar refractivity (Wildman–Crippen MR) is 58.8 cm³/mol. The van der Waals surface area contributed by atoms with Gasteiger partial charge >= 0.3 is 0 Å². The van der Waals surface area contributed by atoms with Crippen molar-refractivity contribution in [1.82, 2.24) is 5.32 Å². The van der Waals surface area contributed by atoms with Crippen LogP contribution >= 0.6 is 0 Å². The van der Waals surface area contributed by atoms with E-state index in [9.17, 15) is 9.59 Å². The standard InChI is InChI=1S/C12H12N2O2/c15-11-9-6-13-7-10(9)12(16)14(11)8-4-2-1-3-5-8/h1-5,9-10,13H,6-7H2/t9-,10-/m1/s1. The van der Waals surface area contributed by atoms with Gasteiger partial charge in [-0.1, -0.05) is 18.2 Å². The maximum absolute atomic E-state index is 12.1. The van der Waals surface area contributed by atoms with Crippen molar-refractivity contribution in [2.45, 2.75) is 0 Å². The molecular weight excluding hydrogens is 204 g/mol. The third-order valence-corrected chi connectivity index (χ3v) is 3.30. The Balaban J connectivity index is 1.98. The van der Waals surface area contributed by atoms with Crippen LogP contribution in [0.15, 0.2) is 30.3 Å². The van der Waals surface area contributed by atoms with E-state index in [0.717, 1.165) is 0 Å². The molecule has 0 radical (unpaired) electrons. The zero-order valence-corrected chi connectivity index (χ0v) is 8.72. The lowest BCUT2D eigenvalue weighted by atomic mass is 10.00. The van der Waals surface area contributed by atoms with Crippen molar-refractivity contribution in [3.63, 3.8) is 0 Å². The van der Waals surface area contributed by atoms with E-state index in [1.54, 1.807) is 12.1 Å². The zero-order valence-electron chi connectivity index (χ0n) is 8.72. The average molecular weight is 216 g/mol. The Bertz CT molecular complexity index is 422. The molecule has 0 aromatic heterocycles. The molecule has 16 heavy (non-hydrogen) atoms. The van der Waals surface area contributed by atoms with Gasteiger partial charge in [0.15, 0.2) is 0 Å². The van der Waals surface area contributed by atoms with Gasteiger partial charge in [0.05, 0.1) is 17.5 Å². The molecular formula is C12H12N2O2. The summed E-state index contributed by atoms with van der Waals surface area (Å²) in [7, 11) is 0. The maximum Gasteiger partial charge on any atom is 0.239 e. The van der Waals surface area contributed by atoms with Gasteiger partial charge in [-0.3, -0.25) is 9.59 Å². The number of amides is 2. The molecule has 0 aliphatic carbocycles. The summed E-state index contributed by atoms with van der Waals surface area (Å²) < 4.78 is 0. The van der Waals surface area contributed by atoms with Crippen LogP contribution in [0.5, 0.6) is 0 Å². The van der Waals surface area contributed by atoms with Crippen LogP contribution < -0.4 is 10.2 Å². The number of anilines is 1. The number of para-hydroxylation sites is 1. The fraction of sp³-hybridized carbons (Fsp3) is 0.333. The van der Waals surface area contributed by atoms with Crippen LogP contribution in [0, 0.1) is 11.8 Å². The number of hydrogen-bond acceptors (Lipinski definition) is 3. The summed E-state index contributed by atoms with van der Waals surface area (Å²) in [5.74, 6) is -0.446. The number of imide groups is 1. The Morgan fingerprint density at radius 1 is 1.00 bits per heavy atom. The van der Waals surface area contributed by atoms with E-state index < -0.39 is 0 Å². The van der Waals surface area contributed by atoms with Crippen molar-refractivity contribution < 1.29 is 9.59 Å². The van der Waals surface area contributed by atoms with E-state index in [4.69, 9.17) is 0 Å². The van der Waals surface area contributed by atoms with Crippen LogP contribution in [0.4, 0.5) is 5.69 Å². The van der Waals surface area contributed by atoms with Gasteiger partial charge in [-0.2, -0.15) is 0 Å². The number of hydrogen-bond donors (Lipinski definition) is 1. The number of nitrogens with one attached hydrogen (secondary N) is 1. The van der Waals surface area contributed by atoms with Gasteiger partial charge in [0, 0.05) is 13.1 Å². The lowest BCUT2D eigenvalue weighted by Gasteiger charge is -2.15. The second-order valence-corrected chi connectivity index (χ2v) is 4.22. The normalized spacial score (nSPS) is 28.6. The van der Waals surface area contributed by atoms with Crippen molar-refractivity contribution in [2.75, 3.05) is 18.0 Å². The first kappa shape index (κ1) is 9.54. The van der Waals surface area contributed by atoms with Crippen molar-refractivity contribution in [3.05, 3.63) is 30.3 Å². The first-order chi connectivity index (χ1) is 7.79. The summed E-state index contributed by atoms with van der Waals surface area (Å²) in [6.45, 7) is 1.25. The summed E-state index contributed by atoms with van der Waals surface area (Å²) in [6.07, 6.45) is 0. The lowest BCUT2D eigenvalue weighted by Crippen LogP contribution is -2.34. The maximum atomic E-state index is 12.1. The summed E-state index contributed by atoms with van der Waals surface area (Å²) >= 11 is 0. The number of fused-ring (bicyclic) bond motifs is 1. The van der Waals surface area contributed by atoms with Crippen LogP contribution in [0.25, 0.3) is 0 Å². The van der Waals surface area contributed by atoms with E-state index in [0.29, 0.717) is 18.8 Å². The van der Waals surface area contributed by atoms with Crippen molar-refractivity contribution in [3.8, 4) is 0 Å². The van der Waals surface area contributed by atoms with Crippen LogP contribution in [0.2, 0.25) is 0 Å². The second kappa shape index (κ2) is 3.42. The van der Waals surface area contributed by atoms with E-state index in [1.165, 1.54) is 4.90 Å². The number of benzene rings is 1. The Kier molecular flexibility index (Phi) is 2.04. The van der Waals surface area contributed by atoms with Crippen LogP contribution in [0.3, 0.4) is 0 Å². The van der Waals surface area contributed by atoms with Gasteiger partial charge in [-0.05, 0) is 12.1 Å². The molecule has 3 rings (SSSR count). The molecule has 0 spiro atoms. The average Bonchev–Trinajstić information content (AvgIpc) is 2.86. The van der Waals surface area contributed by atoms with Gasteiger partial charge in [-0.15, -0.1) is 0 Å². The molecule has 2 atom stereocenters. The van der Waals surface area contributed by atoms with Crippen molar-refractivity contribution >= 4 is 17.5 Å². The molecule has 0 bridgehead atoms. The Morgan fingerprint density at radius 3 is 2.12 bits per heavy atom. The zero-order chi connectivity index (χ0) is 11.1. The van der Waals surface area contributed by atoms with Gasteiger partial charge < -0.3 is 5.32 Å². The molecule has 2 aliphatic heterocycles. The number of rotatable bonds is 1. The summed E-state index contributed by atoms with van der Waals surface area (Å²) in [6, 6.07) is 9.13. The summed E-state index contributed by atoms with van der Waals surface area (Å²) in [5.41, 5.74) is 0.687. The highest BCUT2D eigenvalue weighted by atomic mass is 16.2. The van der Waals surface area contributed by atoms with Crippen molar-refractivity contribution in [2.24, 2.45) is 11.8 Å². The second-order valence-electron chi connectivity index (χ2n) is 4.22. The van der Waals surface area contributed by atoms with E-state index >= 15 is 0 Å². The fourth-order valence-corrected chi connectivity index (χ4v) is 2.47. The molecule has 0 saturated carbocycles. The van der Waals surface area contributed by atoms with Gasteiger partial charge in [0.25, 0.3) is 0 Å². The molecule has 1 aromatic carbocycles. The Morgan fingerprint density at radius 2 is 1.56 bits per heavy atom. The minimum Gasteiger partial charge on any atom is -0.315 e.